The summed E-state index contributed by atoms with van der Waals surface area (Å²) in [6.07, 6.45) is -0.827. The van der Waals surface area contributed by atoms with Gasteiger partial charge in [0.25, 0.3) is 0 Å². The number of halogens is 1. The van der Waals surface area contributed by atoms with Gasteiger partial charge in [-0.15, -0.1) is 0 Å². The van der Waals surface area contributed by atoms with E-state index in [1.807, 2.05) is 20.8 Å². The molecular formula is C15H23FN2O3. The number of para-hydroxylation sites is 1. The van der Waals surface area contributed by atoms with Crippen molar-refractivity contribution in [2.24, 2.45) is 0 Å². The fourth-order valence-corrected chi connectivity index (χ4v) is 1.62. The van der Waals surface area contributed by atoms with Crippen LogP contribution in [0.1, 0.15) is 20.8 Å². The number of aliphatic hydroxyl groups excluding tert-OH is 1. The van der Waals surface area contributed by atoms with Crippen LogP contribution in [-0.4, -0.2) is 42.4 Å². The molecule has 0 fully saturated rings. The fourth-order valence-electron chi connectivity index (χ4n) is 1.62. The van der Waals surface area contributed by atoms with Crippen molar-refractivity contribution in [1.82, 2.24) is 10.6 Å². The number of amides is 1. The van der Waals surface area contributed by atoms with Gasteiger partial charge < -0.3 is 20.5 Å². The summed E-state index contributed by atoms with van der Waals surface area (Å²) in [7, 11) is 0. The van der Waals surface area contributed by atoms with Gasteiger partial charge >= 0.3 is 0 Å². The Labute approximate surface area is 124 Å². The normalized spacial score (nSPS) is 12.8. The van der Waals surface area contributed by atoms with Gasteiger partial charge in [-0.2, -0.15) is 0 Å². The molecule has 5 nitrogen and oxygen atoms in total. The first-order valence-electron chi connectivity index (χ1n) is 6.85. The van der Waals surface area contributed by atoms with Crippen LogP contribution < -0.4 is 15.4 Å². The second-order valence-corrected chi connectivity index (χ2v) is 5.82. The number of nitrogens with one attached hydrogen (secondary N) is 2. The molecule has 1 aromatic rings. The molecular weight excluding hydrogens is 275 g/mol. The highest BCUT2D eigenvalue weighted by Crippen LogP contribution is 2.15. The average Bonchev–Trinajstić information content (AvgIpc) is 2.35. The van der Waals surface area contributed by atoms with E-state index in [0.717, 1.165) is 0 Å². The SMILES string of the molecule is CC(C)(C)NC(=O)CNCC(O)COc1ccccc1F. The van der Waals surface area contributed by atoms with Crippen LogP contribution in [0.2, 0.25) is 0 Å². The second-order valence-electron chi connectivity index (χ2n) is 5.82. The predicted octanol–water partition coefficient (Wildman–Crippen LogP) is 1.07. The van der Waals surface area contributed by atoms with Gasteiger partial charge in [0, 0.05) is 12.1 Å². The second kappa shape index (κ2) is 7.95. The highest BCUT2D eigenvalue weighted by atomic mass is 19.1. The van der Waals surface area contributed by atoms with Gasteiger partial charge in [0.2, 0.25) is 5.91 Å². The lowest BCUT2D eigenvalue weighted by atomic mass is 10.1. The van der Waals surface area contributed by atoms with E-state index in [-0.39, 0.29) is 36.9 Å². The molecule has 0 spiro atoms. The van der Waals surface area contributed by atoms with E-state index >= 15 is 0 Å². The highest BCUT2D eigenvalue weighted by molar-refractivity contribution is 5.78. The molecule has 3 N–H and O–H groups in total. The monoisotopic (exact) mass is 298 g/mol. The van der Waals surface area contributed by atoms with Crippen LogP contribution in [-0.2, 0) is 4.79 Å². The molecule has 0 aliphatic rings. The summed E-state index contributed by atoms with van der Waals surface area (Å²) in [5.74, 6) is -0.519. The highest BCUT2D eigenvalue weighted by Gasteiger charge is 2.14. The van der Waals surface area contributed by atoms with Crippen LogP contribution in [0.15, 0.2) is 24.3 Å². The molecule has 0 saturated carbocycles. The minimum atomic E-state index is -0.827. The Morgan fingerprint density at radius 2 is 2.05 bits per heavy atom. The number of rotatable bonds is 7. The zero-order valence-corrected chi connectivity index (χ0v) is 12.6. The summed E-state index contributed by atoms with van der Waals surface area (Å²) in [6.45, 7) is 5.92. The predicted molar refractivity (Wildman–Crippen MR) is 78.7 cm³/mol. The maximum absolute atomic E-state index is 13.3. The summed E-state index contributed by atoms with van der Waals surface area (Å²) >= 11 is 0. The quantitative estimate of drug-likeness (QED) is 0.704. The van der Waals surface area contributed by atoms with Gasteiger partial charge in [0.05, 0.1) is 6.54 Å². The van der Waals surface area contributed by atoms with Crippen LogP contribution >= 0.6 is 0 Å². The molecule has 0 radical (unpaired) electrons. The molecule has 1 unspecified atom stereocenters. The molecule has 0 aliphatic carbocycles. The van der Waals surface area contributed by atoms with Gasteiger partial charge in [-0.05, 0) is 32.9 Å². The number of carbonyl (C=O) groups excluding carboxylic acids is 1. The first-order chi connectivity index (χ1) is 9.78. The van der Waals surface area contributed by atoms with Crippen LogP contribution in [0.4, 0.5) is 4.39 Å². The number of carbonyl (C=O) groups is 1. The Kier molecular flexibility index (Phi) is 6.58. The van der Waals surface area contributed by atoms with E-state index in [0.29, 0.717) is 0 Å². The number of ether oxygens (including phenoxy) is 1. The van der Waals surface area contributed by atoms with Crippen molar-refractivity contribution >= 4 is 5.91 Å². The van der Waals surface area contributed by atoms with E-state index in [2.05, 4.69) is 10.6 Å². The van der Waals surface area contributed by atoms with Gasteiger partial charge in [0.1, 0.15) is 12.7 Å². The number of aliphatic hydroxyl groups is 1. The van der Waals surface area contributed by atoms with E-state index in [1.54, 1.807) is 12.1 Å². The lowest BCUT2D eigenvalue weighted by Gasteiger charge is -2.21. The summed E-state index contributed by atoms with van der Waals surface area (Å²) in [4.78, 5) is 11.5. The van der Waals surface area contributed by atoms with Crippen LogP contribution in [0, 0.1) is 5.82 Å². The van der Waals surface area contributed by atoms with Crippen LogP contribution in [0.3, 0.4) is 0 Å². The van der Waals surface area contributed by atoms with Gasteiger partial charge in [0.15, 0.2) is 11.6 Å². The smallest absolute Gasteiger partial charge is 0.234 e. The van der Waals surface area contributed by atoms with E-state index < -0.39 is 11.9 Å². The minimum Gasteiger partial charge on any atom is -0.488 e. The maximum Gasteiger partial charge on any atom is 0.234 e. The lowest BCUT2D eigenvalue weighted by molar-refractivity contribution is -0.121. The molecule has 0 aliphatic heterocycles. The summed E-state index contributed by atoms with van der Waals surface area (Å²) in [6, 6.07) is 6.00. The molecule has 21 heavy (non-hydrogen) atoms. The Morgan fingerprint density at radius 3 is 2.67 bits per heavy atom. The molecule has 0 heterocycles. The van der Waals surface area contributed by atoms with E-state index in [9.17, 15) is 14.3 Å². The maximum atomic E-state index is 13.3. The van der Waals surface area contributed by atoms with E-state index in [1.165, 1.54) is 12.1 Å². The minimum absolute atomic E-state index is 0.0468. The fraction of sp³-hybridized carbons (Fsp3) is 0.533. The Morgan fingerprint density at radius 1 is 1.38 bits per heavy atom. The molecule has 0 bridgehead atoms. The Bertz CT molecular complexity index is 460. The third kappa shape index (κ3) is 7.63. The molecule has 1 amide bonds. The molecule has 1 atom stereocenters. The summed E-state index contributed by atoms with van der Waals surface area (Å²) in [5, 5.41) is 15.3. The van der Waals surface area contributed by atoms with Gasteiger partial charge in [-0.1, -0.05) is 12.1 Å². The molecule has 1 aromatic carbocycles. The van der Waals surface area contributed by atoms with Crippen molar-refractivity contribution in [2.75, 3.05) is 19.7 Å². The molecule has 0 aromatic heterocycles. The van der Waals surface area contributed by atoms with Crippen molar-refractivity contribution in [3.63, 3.8) is 0 Å². The average molecular weight is 298 g/mol. The summed E-state index contributed by atoms with van der Waals surface area (Å²) < 4.78 is 18.5. The zero-order valence-electron chi connectivity index (χ0n) is 12.6. The molecule has 6 heteroatoms. The molecule has 118 valence electrons. The van der Waals surface area contributed by atoms with E-state index in [4.69, 9.17) is 4.74 Å². The van der Waals surface area contributed by atoms with Gasteiger partial charge in [-0.25, -0.2) is 4.39 Å². The molecule has 0 saturated heterocycles. The zero-order chi connectivity index (χ0) is 15.9. The first kappa shape index (κ1) is 17.4. The van der Waals surface area contributed by atoms with Crippen LogP contribution in [0.25, 0.3) is 0 Å². The standard InChI is InChI=1S/C15H23FN2O3/c1-15(2,3)18-14(20)9-17-8-11(19)10-21-13-7-5-4-6-12(13)16/h4-7,11,17,19H,8-10H2,1-3H3,(H,18,20). The summed E-state index contributed by atoms with van der Waals surface area (Å²) in [5.41, 5.74) is -0.286. The lowest BCUT2D eigenvalue weighted by Crippen LogP contribution is -2.46. The topological polar surface area (TPSA) is 70.6 Å². The van der Waals surface area contributed by atoms with Crippen molar-refractivity contribution in [3.8, 4) is 5.75 Å². The van der Waals surface area contributed by atoms with Crippen molar-refractivity contribution < 1.29 is 19.0 Å². The van der Waals surface area contributed by atoms with Crippen molar-refractivity contribution in [2.45, 2.75) is 32.4 Å². The van der Waals surface area contributed by atoms with Crippen molar-refractivity contribution in [3.05, 3.63) is 30.1 Å². The largest absolute Gasteiger partial charge is 0.488 e. The van der Waals surface area contributed by atoms with Crippen molar-refractivity contribution in [1.29, 1.82) is 0 Å². The first-order valence-corrected chi connectivity index (χ1v) is 6.85. The Balaban J connectivity index is 2.21. The Hall–Kier alpha value is -1.66. The van der Waals surface area contributed by atoms with Crippen LogP contribution in [0.5, 0.6) is 5.75 Å². The van der Waals surface area contributed by atoms with Gasteiger partial charge in [-0.3, -0.25) is 4.79 Å². The molecule has 1 rings (SSSR count). The number of benzene rings is 1. The number of hydrogen-bond acceptors (Lipinski definition) is 4. The third-order valence-electron chi connectivity index (χ3n) is 2.45. The number of hydrogen-bond donors (Lipinski definition) is 3. The third-order valence-corrected chi connectivity index (χ3v) is 2.45.